The van der Waals surface area contributed by atoms with E-state index in [1.54, 1.807) is 24.3 Å². The number of hydrogen-bond acceptors (Lipinski definition) is 5. The fraction of sp³-hybridized carbons (Fsp3) is 0.211. The number of amides is 3. The maximum absolute atomic E-state index is 12.0. The third-order valence-electron chi connectivity index (χ3n) is 3.66. The number of ether oxygens (including phenoxy) is 1. The van der Waals surface area contributed by atoms with Crippen molar-refractivity contribution in [3.05, 3.63) is 65.7 Å². The second-order valence-electron chi connectivity index (χ2n) is 5.81. The first-order chi connectivity index (χ1) is 12.9. The molecule has 0 aliphatic rings. The lowest BCUT2D eigenvalue weighted by atomic mass is 10.1. The molecule has 8 nitrogen and oxygen atoms in total. The lowest BCUT2D eigenvalue weighted by Crippen LogP contribution is -2.49. The van der Waals surface area contributed by atoms with Crippen molar-refractivity contribution in [2.45, 2.75) is 19.1 Å². The molecule has 0 aliphatic carbocycles. The molecule has 3 amide bonds. The van der Waals surface area contributed by atoms with Gasteiger partial charge in [0.15, 0.2) is 0 Å². The molecule has 0 heterocycles. The van der Waals surface area contributed by atoms with E-state index in [-0.39, 0.29) is 25.3 Å². The summed E-state index contributed by atoms with van der Waals surface area (Å²) in [4.78, 5) is 35.1. The molecular weight excluding hydrogens is 350 g/mol. The van der Waals surface area contributed by atoms with E-state index >= 15 is 0 Å². The molecule has 0 aliphatic heterocycles. The number of rotatable bonds is 8. The Labute approximate surface area is 156 Å². The fourth-order valence-electron chi connectivity index (χ4n) is 2.26. The molecular formula is C19H21N3O5. The van der Waals surface area contributed by atoms with Crippen molar-refractivity contribution in [1.29, 1.82) is 0 Å². The van der Waals surface area contributed by atoms with Crippen LogP contribution in [0, 0.1) is 0 Å². The Morgan fingerprint density at radius 3 is 2.30 bits per heavy atom. The van der Waals surface area contributed by atoms with Crippen molar-refractivity contribution in [1.82, 2.24) is 10.6 Å². The summed E-state index contributed by atoms with van der Waals surface area (Å²) in [5, 5.41) is 14.0. The number of carbonyl (C=O) groups is 3. The molecule has 2 rings (SSSR count). The molecule has 0 unspecified atom stereocenters. The minimum absolute atomic E-state index is 0.0824. The van der Waals surface area contributed by atoms with E-state index in [4.69, 9.17) is 10.5 Å². The number of primary amides is 1. The number of nitrogens with one attached hydrogen (secondary N) is 2. The number of aromatic hydroxyl groups is 1. The van der Waals surface area contributed by atoms with Gasteiger partial charge in [-0.05, 0) is 23.3 Å². The van der Waals surface area contributed by atoms with E-state index in [1.165, 1.54) is 12.1 Å². The standard InChI is InChI=1S/C19H21N3O5/c20-18(25)16(10-13-6-8-15(23)9-7-13)22-17(24)11-21-19(26)27-12-14-4-2-1-3-5-14/h1-9,16,23H,10-12H2,(H2,20,25)(H,21,26)(H,22,24)/t16-/m1/s1. The summed E-state index contributed by atoms with van der Waals surface area (Å²) in [6.07, 6.45) is -0.581. The van der Waals surface area contributed by atoms with E-state index in [9.17, 15) is 19.5 Å². The van der Waals surface area contributed by atoms with Gasteiger partial charge in [0, 0.05) is 6.42 Å². The van der Waals surface area contributed by atoms with Crippen LogP contribution in [0.5, 0.6) is 5.75 Å². The second kappa shape index (κ2) is 9.81. The first-order valence-corrected chi connectivity index (χ1v) is 8.25. The van der Waals surface area contributed by atoms with Crippen LogP contribution in [0.2, 0.25) is 0 Å². The number of phenolic OH excluding ortho intramolecular Hbond substituents is 1. The minimum Gasteiger partial charge on any atom is -0.508 e. The van der Waals surface area contributed by atoms with Crippen molar-refractivity contribution in [2.24, 2.45) is 5.73 Å². The van der Waals surface area contributed by atoms with Gasteiger partial charge < -0.3 is 26.2 Å². The number of alkyl carbamates (subject to hydrolysis) is 1. The number of carbonyl (C=O) groups excluding carboxylic acids is 3. The Balaban J connectivity index is 1.77. The summed E-state index contributed by atoms with van der Waals surface area (Å²) >= 11 is 0. The fourth-order valence-corrected chi connectivity index (χ4v) is 2.26. The van der Waals surface area contributed by atoms with Gasteiger partial charge in [0.2, 0.25) is 11.8 Å². The van der Waals surface area contributed by atoms with E-state index in [2.05, 4.69) is 10.6 Å². The Morgan fingerprint density at radius 2 is 1.67 bits per heavy atom. The molecule has 5 N–H and O–H groups in total. The van der Waals surface area contributed by atoms with Crippen LogP contribution >= 0.6 is 0 Å². The van der Waals surface area contributed by atoms with Crippen LogP contribution in [0.25, 0.3) is 0 Å². The Morgan fingerprint density at radius 1 is 1.00 bits per heavy atom. The molecule has 0 fully saturated rings. The molecule has 0 radical (unpaired) electrons. The van der Waals surface area contributed by atoms with Gasteiger partial charge in [-0.3, -0.25) is 9.59 Å². The van der Waals surface area contributed by atoms with E-state index < -0.39 is 23.9 Å². The predicted octanol–water partition coefficient (Wildman–Crippen LogP) is 0.831. The largest absolute Gasteiger partial charge is 0.508 e. The van der Waals surface area contributed by atoms with Gasteiger partial charge in [0.25, 0.3) is 0 Å². The average molecular weight is 371 g/mol. The number of nitrogens with two attached hydrogens (primary N) is 1. The summed E-state index contributed by atoms with van der Waals surface area (Å²) in [6.45, 7) is -0.272. The molecule has 0 aromatic heterocycles. The number of hydrogen-bond donors (Lipinski definition) is 4. The zero-order valence-electron chi connectivity index (χ0n) is 14.6. The summed E-state index contributed by atoms with van der Waals surface area (Å²) in [6, 6.07) is 14.4. The van der Waals surface area contributed by atoms with E-state index in [0.29, 0.717) is 5.56 Å². The Kier molecular flexibility index (Phi) is 7.18. The lowest BCUT2D eigenvalue weighted by molar-refractivity contribution is -0.126. The molecule has 8 heteroatoms. The molecule has 142 valence electrons. The predicted molar refractivity (Wildman–Crippen MR) is 97.6 cm³/mol. The van der Waals surface area contributed by atoms with Crippen molar-refractivity contribution in [2.75, 3.05) is 6.54 Å². The van der Waals surface area contributed by atoms with Crippen LogP contribution in [-0.2, 0) is 27.4 Å². The smallest absolute Gasteiger partial charge is 0.407 e. The SMILES string of the molecule is NC(=O)[C@@H](Cc1ccc(O)cc1)NC(=O)CNC(=O)OCc1ccccc1. The van der Waals surface area contributed by atoms with Gasteiger partial charge in [-0.2, -0.15) is 0 Å². The topological polar surface area (TPSA) is 131 Å². The third-order valence-corrected chi connectivity index (χ3v) is 3.66. The quantitative estimate of drug-likeness (QED) is 0.546. The minimum atomic E-state index is -0.941. The molecule has 0 saturated carbocycles. The van der Waals surface area contributed by atoms with E-state index in [0.717, 1.165) is 5.56 Å². The van der Waals surface area contributed by atoms with Gasteiger partial charge in [-0.25, -0.2) is 4.79 Å². The summed E-state index contributed by atoms with van der Waals surface area (Å²) < 4.78 is 4.99. The van der Waals surface area contributed by atoms with Crippen LogP contribution < -0.4 is 16.4 Å². The highest BCUT2D eigenvalue weighted by molar-refractivity contribution is 5.88. The highest BCUT2D eigenvalue weighted by Gasteiger charge is 2.19. The molecule has 2 aromatic carbocycles. The normalized spacial score (nSPS) is 11.3. The molecule has 27 heavy (non-hydrogen) atoms. The highest BCUT2D eigenvalue weighted by atomic mass is 16.5. The first kappa shape index (κ1) is 19.8. The van der Waals surface area contributed by atoms with Crippen LogP contribution in [0.1, 0.15) is 11.1 Å². The number of phenols is 1. The molecule has 0 saturated heterocycles. The summed E-state index contributed by atoms with van der Waals surface area (Å²) in [7, 11) is 0. The zero-order valence-corrected chi connectivity index (χ0v) is 14.6. The van der Waals surface area contributed by atoms with Crippen LogP contribution in [-0.4, -0.2) is 35.6 Å². The van der Waals surface area contributed by atoms with E-state index in [1.807, 2.05) is 18.2 Å². The average Bonchev–Trinajstić information content (AvgIpc) is 2.66. The molecule has 0 spiro atoms. The lowest BCUT2D eigenvalue weighted by Gasteiger charge is -2.16. The molecule has 1 atom stereocenters. The first-order valence-electron chi connectivity index (χ1n) is 8.25. The van der Waals surface area contributed by atoms with Gasteiger partial charge in [-0.1, -0.05) is 42.5 Å². The summed E-state index contributed by atoms with van der Waals surface area (Å²) in [5.74, 6) is -1.19. The number of benzene rings is 2. The molecule has 2 aromatic rings. The van der Waals surface area contributed by atoms with Gasteiger partial charge in [0.1, 0.15) is 24.9 Å². The van der Waals surface area contributed by atoms with Crippen LogP contribution in [0.3, 0.4) is 0 Å². The van der Waals surface area contributed by atoms with Gasteiger partial charge >= 0.3 is 6.09 Å². The Hall–Kier alpha value is -3.55. The van der Waals surface area contributed by atoms with Crippen molar-refractivity contribution < 1.29 is 24.2 Å². The zero-order chi connectivity index (χ0) is 19.6. The Bertz CT molecular complexity index is 778. The van der Waals surface area contributed by atoms with Crippen molar-refractivity contribution in [3.8, 4) is 5.75 Å². The third kappa shape index (κ3) is 7.07. The maximum atomic E-state index is 12.0. The second-order valence-corrected chi connectivity index (χ2v) is 5.81. The van der Waals surface area contributed by atoms with Crippen molar-refractivity contribution in [3.63, 3.8) is 0 Å². The highest BCUT2D eigenvalue weighted by Crippen LogP contribution is 2.11. The van der Waals surface area contributed by atoms with Crippen LogP contribution in [0.4, 0.5) is 4.79 Å². The van der Waals surface area contributed by atoms with Crippen LogP contribution in [0.15, 0.2) is 54.6 Å². The van der Waals surface area contributed by atoms with Gasteiger partial charge in [0.05, 0.1) is 0 Å². The summed E-state index contributed by atoms with van der Waals surface area (Å²) in [5.41, 5.74) is 6.85. The maximum Gasteiger partial charge on any atom is 0.407 e. The van der Waals surface area contributed by atoms with Gasteiger partial charge in [-0.15, -0.1) is 0 Å². The van der Waals surface area contributed by atoms with Crippen molar-refractivity contribution >= 4 is 17.9 Å². The monoisotopic (exact) mass is 371 g/mol. The molecule has 0 bridgehead atoms.